The van der Waals surface area contributed by atoms with Crippen LogP contribution >= 0.6 is 0 Å². The Bertz CT molecular complexity index is 1030. The molecule has 0 radical (unpaired) electrons. The summed E-state index contributed by atoms with van der Waals surface area (Å²) in [6.45, 7) is -0.145. The van der Waals surface area contributed by atoms with Crippen LogP contribution in [0, 0.1) is 0 Å². The van der Waals surface area contributed by atoms with Gasteiger partial charge in [-0.15, -0.1) is 0 Å². The number of hydrogen-bond donors (Lipinski definition) is 3. The largest absolute Gasteiger partial charge is 0.388 e. The molecule has 1 fully saturated rings. The van der Waals surface area contributed by atoms with Gasteiger partial charge >= 0.3 is 0 Å². The number of nitrogens with zero attached hydrogens (tertiary/aromatic N) is 4. The number of aromatic nitrogens is 1. The van der Waals surface area contributed by atoms with Gasteiger partial charge in [-0.05, 0) is 29.1 Å². The highest BCUT2D eigenvalue weighted by molar-refractivity contribution is 5.84. The number of azide groups is 1. The number of para-hydroxylation sites is 1. The molecule has 3 N–H and O–H groups in total. The Balaban J connectivity index is 1.73. The third kappa shape index (κ3) is 3.72. The first kappa shape index (κ1) is 19.4. The molecule has 1 saturated heterocycles. The zero-order valence-corrected chi connectivity index (χ0v) is 15.6. The lowest BCUT2D eigenvalue weighted by Crippen LogP contribution is -2.56. The van der Waals surface area contributed by atoms with E-state index in [9.17, 15) is 15.3 Å². The van der Waals surface area contributed by atoms with Crippen LogP contribution in [-0.4, -0.2) is 50.8 Å². The summed E-state index contributed by atoms with van der Waals surface area (Å²) in [4.78, 5) is 2.69. The molecule has 2 heterocycles. The number of fused-ring (bicyclic) bond motifs is 1. The first-order valence-corrected chi connectivity index (χ1v) is 9.43. The van der Waals surface area contributed by atoms with Gasteiger partial charge in [0, 0.05) is 16.5 Å². The Hall–Kier alpha value is -2.87. The lowest BCUT2D eigenvalue weighted by Gasteiger charge is -2.41. The molecule has 0 saturated carbocycles. The molecular formula is C21H22N4O4. The molecule has 29 heavy (non-hydrogen) atoms. The number of benzene rings is 2. The van der Waals surface area contributed by atoms with Crippen molar-refractivity contribution in [3.8, 4) is 0 Å². The monoisotopic (exact) mass is 394 g/mol. The first-order chi connectivity index (χ1) is 14.1. The number of hydrogen-bond acceptors (Lipinski definition) is 5. The Kier molecular flexibility index (Phi) is 5.53. The SMILES string of the molecule is [N-]=[N+]=NC[C@H]1O[C@@H](n2cc(Cc3ccccc3)c3ccccc32)[C@H](O)[C@@H](O)[C@@H]1O. The van der Waals surface area contributed by atoms with E-state index in [1.54, 1.807) is 4.57 Å². The molecule has 1 aliphatic heterocycles. The van der Waals surface area contributed by atoms with E-state index < -0.39 is 30.6 Å². The van der Waals surface area contributed by atoms with Crippen molar-refractivity contribution in [2.75, 3.05) is 6.54 Å². The Morgan fingerprint density at radius 2 is 1.69 bits per heavy atom. The number of aliphatic hydroxyl groups is 3. The minimum atomic E-state index is -1.42. The summed E-state index contributed by atoms with van der Waals surface area (Å²) in [5, 5.41) is 35.6. The fourth-order valence-electron chi connectivity index (χ4n) is 3.87. The minimum absolute atomic E-state index is 0.145. The maximum atomic E-state index is 10.6. The standard InChI is InChI=1S/C21H22N4O4/c22-24-23-11-17-18(26)19(27)20(28)21(29-17)25-12-14(10-13-6-2-1-3-7-13)15-8-4-5-9-16(15)25/h1-9,12,17-21,26-28H,10-11H2/t17-,18-,19+,20-,21-/m1/s1. The zero-order valence-electron chi connectivity index (χ0n) is 15.6. The van der Waals surface area contributed by atoms with Crippen molar-refractivity contribution in [1.29, 1.82) is 0 Å². The average molecular weight is 394 g/mol. The van der Waals surface area contributed by atoms with Crippen molar-refractivity contribution < 1.29 is 20.1 Å². The van der Waals surface area contributed by atoms with Gasteiger partial charge in [0.25, 0.3) is 0 Å². The van der Waals surface area contributed by atoms with Gasteiger partial charge in [0.2, 0.25) is 0 Å². The van der Waals surface area contributed by atoms with E-state index in [1.165, 1.54) is 0 Å². The lowest BCUT2D eigenvalue weighted by molar-refractivity contribution is -0.241. The third-order valence-corrected chi connectivity index (χ3v) is 5.35. The summed E-state index contributed by atoms with van der Waals surface area (Å²) in [7, 11) is 0. The Labute approximate surface area is 167 Å². The number of rotatable bonds is 5. The van der Waals surface area contributed by atoms with Crippen LogP contribution in [0.25, 0.3) is 21.3 Å². The molecule has 3 aromatic rings. The van der Waals surface area contributed by atoms with Crippen LogP contribution < -0.4 is 0 Å². The van der Waals surface area contributed by atoms with Crippen molar-refractivity contribution in [2.24, 2.45) is 5.11 Å². The van der Waals surface area contributed by atoms with Gasteiger partial charge in [-0.1, -0.05) is 53.6 Å². The minimum Gasteiger partial charge on any atom is -0.388 e. The van der Waals surface area contributed by atoms with Crippen molar-refractivity contribution in [1.82, 2.24) is 4.57 Å². The van der Waals surface area contributed by atoms with Gasteiger partial charge in [-0.25, -0.2) is 0 Å². The van der Waals surface area contributed by atoms with E-state index in [4.69, 9.17) is 10.3 Å². The van der Waals surface area contributed by atoms with E-state index in [-0.39, 0.29) is 6.54 Å². The van der Waals surface area contributed by atoms with Crippen molar-refractivity contribution >= 4 is 10.9 Å². The highest BCUT2D eigenvalue weighted by atomic mass is 16.5. The summed E-state index contributed by atoms with van der Waals surface area (Å²) >= 11 is 0. The molecule has 0 spiro atoms. The van der Waals surface area contributed by atoms with Gasteiger partial charge in [-0.2, -0.15) is 0 Å². The highest BCUT2D eigenvalue weighted by Gasteiger charge is 2.44. The number of aliphatic hydroxyl groups excluding tert-OH is 3. The predicted octanol–water partition coefficient (Wildman–Crippen LogP) is 2.52. The second-order valence-electron chi connectivity index (χ2n) is 7.19. The Morgan fingerprint density at radius 1 is 0.966 bits per heavy atom. The molecule has 2 aromatic carbocycles. The molecular weight excluding hydrogens is 372 g/mol. The molecule has 0 bridgehead atoms. The van der Waals surface area contributed by atoms with E-state index in [0.717, 1.165) is 22.0 Å². The molecule has 0 unspecified atom stereocenters. The van der Waals surface area contributed by atoms with Crippen LogP contribution in [0.1, 0.15) is 17.4 Å². The second kappa shape index (κ2) is 8.24. The quantitative estimate of drug-likeness (QED) is 0.349. The van der Waals surface area contributed by atoms with Crippen LogP contribution in [0.4, 0.5) is 0 Å². The Morgan fingerprint density at radius 3 is 2.45 bits per heavy atom. The summed E-state index contributed by atoms with van der Waals surface area (Å²) < 4.78 is 7.65. The zero-order chi connectivity index (χ0) is 20.4. The van der Waals surface area contributed by atoms with Crippen LogP contribution in [-0.2, 0) is 11.2 Å². The van der Waals surface area contributed by atoms with Crippen LogP contribution in [0.2, 0.25) is 0 Å². The van der Waals surface area contributed by atoms with E-state index in [0.29, 0.717) is 6.42 Å². The van der Waals surface area contributed by atoms with Gasteiger partial charge < -0.3 is 24.6 Å². The highest BCUT2D eigenvalue weighted by Crippen LogP contribution is 2.34. The summed E-state index contributed by atoms with van der Waals surface area (Å²) in [5.74, 6) is 0. The van der Waals surface area contributed by atoms with Crippen LogP contribution in [0.3, 0.4) is 0 Å². The van der Waals surface area contributed by atoms with Crippen molar-refractivity contribution in [3.63, 3.8) is 0 Å². The molecule has 8 nitrogen and oxygen atoms in total. The van der Waals surface area contributed by atoms with Gasteiger partial charge in [0.15, 0.2) is 6.23 Å². The third-order valence-electron chi connectivity index (χ3n) is 5.35. The lowest BCUT2D eigenvalue weighted by atomic mass is 9.98. The molecule has 8 heteroatoms. The topological polar surface area (TPSA) is 124 Å². The number of ether oxygens (including phenoxy) is 1. The molecule has 0 amide bonds. The summed E-state index contributed by atoms with van der Waals surface area (Å²) in [6.07, 6.45) is -3.36. The summed E-state index contributed by atoms with van der Waals surface area (Å²) in [5.41, 5.74) is 11.6. The van der Waals surface area contributed by atoms with E-state index in [2.05, 4.69) is 10.0 Å². The molecule has 4 rings (SSSR count). The maximum Gasteiger partial charge on any atom is 0.163 e. The van der Waals surface area contributed by atoms with E-state index >= 15 is 0 Å². The van der Waals surface area contributed by atoms with Crippen molar-refractivity contribution in [2.45, 2.75) is 37.1 Å². The van der Waals surface area contributed by atoms with Gasteiger partial charge in [0.1, 0.15) is 18.3 Å². The predicted molar refractivity (Wildman–Crippen MR) is 107 cm³/mol. The molecule has 150 valence electrons. The van der Waals surface area contributed by atoms with Crippen molar-refractivity contribution in [3.05, 3.63) is 82.4 Å². The van der Waals surface area contributed by atoms with Crippen LogP contribution in [0.5, 0.6) is 0 Å². The van der Waals surface area contributed by atoms with Crippen LogP contribution in [0.15, 0.2) is 65.9 Å². The fraction of sp³-hybridized carbons (Fsp3) is 0.333. The molecule has 1 aromatic heterocycles. The van der Waals surface area contributed by atoms with E-state index in [1.807, 2.05) is 60.8 Å². The van der Waals surface area contributed by atoms with Gasteiger partial charge in [-0.3, -0.25) is 0 Å². The average Bonchev–Trinajstić information content (AvgIpc) is 3.11. The van der Waals surface area contributed by atoms with Gasteiger partial charge in [0.05, 0.1) is 18.2 Å². The first-order valence-electron chi connectivity index (χ1n) is 9.43. The smallest absolute Gasteiger partial charge is 0.163 e. The summed E-state index contributed by atoms with van der Waals surface area (Å²) in [6, 6.07) is 17.8. The fourth-order valence-corrected chi connectivity index (χ4v) is 3.87. The maximum absolute atomic E-state index is 10.6. The second-order valence-corrected chi connectivity index (χ2v) is 7.19. The normalized spacial score (nSPS) is 26.9. The molecule has 0 aliphatic carbocycles. The molecule has 1 aliphatic rings. The molecule has 5 atom stereocenters.